The maximum Gasteiger partial charge on any atom is 0.341 e. The number of esters is 1. The van der Waals surface area contributed by atoms with Crippen molar-refractivity contribution in [2.24, 2.45) is 0 Å². The van der Waals surface area contributed by atoms with E-state index in [9.17, 15) is 19.2 Å². The van der Waals surface area contributed by atoms with E-state index in [0.29, 0.717) is 33.1 Å². The van der Waals surface area contributed by atoms with Crippen molar-refractivity contribution in [1.29, 1.82) is 0 Å². The van der Waals surface area contributed by atoms with Crippen molar-refractivity contribution in [2.45, 2.75) is 43.9 Å². The minimum atomic E-state index is -0.533. The molecule has 5 rings (SSSR count). The van der Waals surface area contributed by atoms with Crippen LogP contribution in [-0.2, 0) is 27.2 Å². The number of amides is 3. The van der Waals surface area contributed by atoms with E-state index in [-0.39, 0.29) is 24.0 Å². The molecule has 1 heterocycles. The Bertz CT molecular complexity index is 1820. The first kappa shape index (κ1) is 34.5. The predicted octanol–water partition coefficient (Wildman–Crippen LogP) is 7.34. The molecule has 3 aromatic carbocycles. The van der Waals surface area contributed by atoms with Gasteiger partial charge in [-0.15, -0.1) is 23.1 Å². The van der Waals surface area contributed by atoms with Gasteiger partial charge in [-0.05, 0) is 80.6 Å². The SMILES string of the molecule is CCOC(=O)c1c(NC(=O)CSc2cccc(NC(=O)/C(=C\c3ccccc3OC)NC(=O)c3ccccc3)c2)sc2c1CCCCC2. The number of nitrogens with one attached hydrogen (secondary N) is 3. The van der Waals surface area contributed by atoms with Crippen LogP contribution in [0.5, 0.6) is 5.75 Å². The quantitative estimate of drug-likeness (QED) is 0.0618. The fourth-order valence-electron chi connectivity index (χ4n) is 5.31. The van der Waals surface area contributed by atoms with Crippen molar-refractivity contribution in [1.82, 2.24) is 5.32 Å². The van der Waals surface area contributed by atoms with Gasteiger partial charge in [-0.25, -0.2) is 4.79 Å². The third kappa shape index (κ3) is 8.93. The number of fused-ring (bicyclic) bond motifs is 1. The van der Waals surface area contributed by atoms with Gasteiger partial charge >= 0.3 is 5.97 Å². The van der Waals surface area contributed by atoms with E-state index in [1.807, 2.05) is 18.2 Å². The molecule has 248 valence electrons. The number of rotatable bonds is 12. The van der Waals surface area contributed by atoms with Gasteiger partial charge in [-0.2, -0.15) is 0 Å². The lowest BCUT2D eigenvalue weighted by molar-refractivity contribution is -0.114. The Balaban J connectivity index is 1.28. The summed E-state index contributed by atoms with van der Waals surface area (Å²) < 4.78 is 10.8. The van der Waals surface area contributed by atoms with E-state index in [1.165, 1.54) is 30.2 Å². The third-order valence-electron chi connectivity index (χ3n) is 7.58. The molecule has 0 fully saturated rings. The second kappa shape index (κ2) is 16.8. The molecule has 11 heteroatoms. The fourth-order valence-corrected chi connectivity index (χ4v) is 7.36. The van der Waals surface area contributed by atoms with E-state index in [2.05, 4.69) is 16.0 Å². The van der Waals surface area contributed by atoms with Gasteiger partial charge in [0.15, 0.2) is 0 Å². The normalized spacial score (nSPS) is 12.7. The second-order valence-electron chi connectivity index (χ2n) is 10.9. The first-order valence-corrected chi connectivity index (χ1v) is 17.5. The van der Waals surface area contributed by atoms with Crippen molar-refractivity contribution >= 4 is 63.6 Å². The maximum absolute atomic E-state index is 13.6. The topological polar surface area (TPSA) is 123 Å². The molecule has 4 aromatic rings. The molecule has 0 spiro atoms. The molecule has 0 saturated carbocycles. The number of thioether (sulfide) groups is 1. The molecule has 48 heavy (non-hydrogen) atoms. The van der Waals surface area contributed by atoms with Crippen LogP contribution in [0.4, 0.5) is 10.7 Å². The summed E-state index contributed by atoms with van der Waals surface area (Å²) in [5.74, 6) is -0.983. The number of methoxy groups -OCH3 is 1. The zero-order chi connectivity index (χ0) is 33.9. The first-order valence-electron chi connectivity index (χ1n) is 15.7. The monoisotopic (exact) mass is 683 g/mol. The third-order valence-corrected chi connectivity index (χ3v) is 9.78. The molecule has 9 nitrogen and oxygen atoms in total. The molecule has 0 atom stereocenters. The number of para-hydroxylation sites is 1. The van der Waals surface area contributed by atoms with Gasteiger partial charge in [0.1, 0.15) is 16.4 Å². The second-order valence-corrected chi connectivity index (χ2v) is 13.1. The Morgan fingerprint density at radius 1 is 0.896 bits per heavy atom. The van der Waals surface area contributed by atoms with Gasteiger partial charge in [0, 0.05) is 26.6 Å². The van der Waals surface area contributed by atoms with Crippen molar-refractivity contribution in [3.63, 3.8) is 0 Å². The van der Waals surface area contributed by atoms with Crippen molar-refractivity contribution in [3.8, 4) is 5.75 Å². The van der Waals surface area contributed by atoms with E-state index in [4.69, 9.17) is 9.47 Å². The van der Waals surface area contributed by atoms with E-state index in [1.54, 1.807) is 73.7 Å². The van der Waals surface area contributed by atoms with Crippen molar-refractivity contribution in [2.75, 3.05) is 30.1 Å². The molecular weight excluding hydrogens is 647 g/mol. The fraction of sp³-hybridized carbons (Fsp3) is 0.243. The highest BCUT2D eigenvalue weighted by atomic mass is 32.2. The van der Waals surface area contributed by atoms with Crippen molar-refractivity contribution in [3.05, 3.63) is 112 Å². The van der Waals surface area contributed by atoms with Gasteiger partial charge < -0.3 is 25.4 Å². The Hall–Kier alpha value is -4.87. The number of anilines is 2. The summed E-state index contributed by atoms with van der Waals surface area (Å²) in [4.78, 5) is 54.4. The van der Waals surface area contributed by atoms with Gasteiger partial charge in [-0.3, -0.25) is 14.4 Å². The highest BCUT2D eigenvalue weighted by Crippen LogP contribution is 2.38. The Morgan fingerprint density at radius 3 is 2.46 bits per heavy atom. The molecular formula is C37H37N3O6S2. The summed E-state index contributed by atoms with van der Waals surface area (Å²) in [6.07, 6.45) is 6.43. The molecule has 1 aliphatic carbocycles. The van der Waals surface area contributed by atoms with Crippen LogP contribution >= 0.6 is 23.1 Å². The van der Waals surface area contributed by atoms with E-state index < -0.39 is 17.8 Å². The van der Waals surface area contributed by atoms with Gasteiger partial charge in [0.05, 0.1) is 25.0 Å². The molecule has 3 amide bonds. The average Bonchev–Trinajstić information content (AvgIpc) is 3.27. The molecule has 0 unspecified atom stereocenters. The Morgan fingerprint density at radius 2 is 1.67 bits per heavy atom. The summed E-state index contributed by atoms with van der Waals surface area (Å²) in [7, 11) is 1.53. The number of carbonyl (C=O) groups is 4. The Kier molecular flexibility index (Phi) is 12.1. The maximum atomic E-state index is 13.6. The lowest BCUT2D eigenvalue weighted by Gasteiger charge is -2.13. The highest BCUT2D eigenvalue weighted by molar-refractivity contribution is 8.00. The smallest absolute Gasteiger partial charge is 0.341 e. The zero-order valence-electron chi connectivity index (χ0n) is 26.8. The van der Waals surface area contributed by atoms with Gasteiger partial charge in [-0.1, -0.05) is 48.9 Å². The minimum absolute atomic E-state index is 0.0255. The van der Waals surface area contributed by atoms with Crippen LogP contribution in [0.2, 0.25) is 0 Å². The number of benzene rings is 3. The van der Waals surface area contributed by atoms with Crippen LogP contribution < -0.4 is 20.7 Å². The number of aryl methyl sites for hydroxylation is 1. The van der Waals surface area contributed by atoms with Crippen LogP contribution in [0, 0.1) is 0 Å². The number of hydrogen-bond donors (Lipinski definition) is 3. The van der Waals surface area contributed by atoms with Gasteiger partial charge in [0.25, 0.3) is 11.8 Å². The summed E-state index contributed by atoms with van der Waals surface area (Å²) >= 11 is 2.76. The average molecular weight is 684 g/mol. The largest absolute Gasteiger partial charge is 0.496 e. The van der Waals surface area contributed by atoms with Crippen molar-refractivity contribution < 1.29 is 28.7 Å². The number of carbonyl (C=O) groups excluding carboxylic acids is 4. The number of hydrogen-bond acceptors (Lipinski definition) is 8. The van der Waals surface area contributed by atoms with Crippen LogP contribution in [-0.4, -0.2) is 43.2 Å². The number of ether oxygens (including phenoxy) is 2. The lowest BCUT2D eigenvalue weighted by atomic mass is 10.1. The van der Waals surface area contributed by atoms with E-state index in [0.717, 1.165) is 47.4 Å². The standard InChI is InChI=1S/C37H37N3O6S2/c1-3-46-37(44)33-28-18-8-5-9-20-31(28)48-36(33)40-32(41)23-47-27-17-12-16-26(22-27)38-35(43)29(21-25-15-10-11-19-30(25)45-2)39-34(42)24-13-6-4-7-14-24/h4,6-7,10-17,19,21-22H,3,5,8-9,18,20,23H2,1-2H3,(H,38,43)(H,39,42)(H,40,41)/b29-21+. The number of thiophene rings is 1. The molecule has 1 aromatic heterocycles. The van der Waals surface area contributed by atoms with Crippen LogP contribution in [0.3, 0.4) is 0 Å². The van der Waals surface area contributed by atoms with Crippen LogP contribution in [0.25, 0.3) is 6.08 Å². The van der Waals surface area contributed by atoms with Gasteiger partial charge in [0.2, 0.25) is 5.91 Å². The molecule has 1 aliphatic rings. The molecule has 0 saturated heterocycles. The molecule has 0 aliphatic heterocycles. The molecule has 0 radical (unpaired) electrons. The summed E-state index contributed by atoms with van der Waals surface area (Å²) in [5, 5.41) is 9.09. The van der Waals surface area contributed by atoms with E-state index >= 15 is 0 Å². The lowest BCUT2D eigenvalue weighted by Crippen LogP contribution is -2.30. The molecule has 0 bridgehead atoms. The highest BCUT2D eigenvalue weighted by Gasteiger charge is 2.26. The first-order chi connectivity index (χ1) is 23.4. The Labute approximate surface area is 288 Å². The minimum Gasteiger partial charge on any atom is -0.496 e. The summed E-state index contributed by atoms with van der Waals surface area (Å²) in [6.45, 7) is 2.03. The van der Waals surface area contributed by atoms with Crippen LogP contribution in [0.1, 0.15) is 62.9 Å². The predicted molar refractivity (Wildman–Crippen MR) is 191 cm³/mol. The van der Waals surface area contributed by atoms with Crippen LogP contribution in [0.15, 0.2) is 89.5 Å². The zero-order valence-corrected chi connectivity index (χ0v) is 28.4. The summed E-state index contributed by atoms with van der Waals surface area (Å²) in [6, 6.07) is 22.9. The molecule has 3 N–H and O–H groups in total. The summed E-state index contributed by atoms with van der Waals surface area (Å²) in [5.41, 5.74) is 3.01.